The molecule has 1 amide bonds. The number of hydrogen-bond acceptors (Lipinski definition) is 3. The van der Waals surface area contributed by atoms with Crippen LogP contribution in [0.5, 0.6) is 0 Å². The third-order valence-corrected chi connectivity index (χ3v) is 4.16. The van der Waals surface area contributed by atoms with Crippen LogP contribution in [-0.2, 0) is 4.79 Å². The van der Waals surface area contributed by atoms with Gasteiger partial charge in [-0.1, -0.05) is 43.0 Å². The summed E-state index contributed by atoms with van der Waals surface area (Å²) in [6, 6.07) is 7.40. The van der Waals surface area contributed by atoms with Crippen LogP contribution in [-0.4, -0.2) is 16.8 Å². The summed E-state index contributed by atoms with van der Waals surface area (Å²) in [7, 11) is 0. The molecule has 1 aromatic carbocycles. The number of rotatable bonds is 4. The van der Waals surface area contributed by atoms with Crippen LogP contribution in [0.3, 0.4) is 0 Å². The van der Waals surface area contributed by atoms with E-state index in [1.165, 1.54) is 38.5 Å². The average Bonchev–Trinajstić information content (AvgIpc) is 2.75. The number of oxime groups is 1. The molecule has 0 spiro atoms. The van der Waals surface area contributed by atoms with E-state index in [2.05, 4.69) is 10.5 Å². The number of amides is 1. The normalized spacial score (nSPS) is 17.3. The first-order valence-corrected chi connectivity index (χ1v) is 7.78. The van der Waals surface area contributed by atoms with Gasteiger partial charge in [0.25, 0.3) is 0 Å². The van der Waals surface area contributed by atoms with Crippen LogP contribution in [0.1, 0.15) is 57.4 Å². The highest BCUT2D eigenvalue weighted by Gasteiger charge is 2.16. The Hall–Kier alpha value is -1.84. The molecule has 4 heteroatoms. The molecule has 0 atom stereocenters. The molecule has 21 heavy (non-hydrogen) atoms. The predicted molar refractivity (Wildman–Crippen MR) is 84.9 cm³/mol. The lowest BCUT2D eigenvalue weighted by molar-refractivity contribution is -0.117. The molecule has 4 nitrogen and oxygen atoms in total. The van der Waals surface area contributed by atoms with E-state index in [9.17, 15) is 4.79 Å². The Balaban J connectivity index is 1.93. The molecular weight excluding hydrogens is 264 g/mol. The van der Waals surface area contributed by atoms with Gasteiger partial charge in [0, 0.05) is 17.7 Å². The van der Waals surface area contributed by atoms with Crippen LogP contribution >= 0.6 is 0 Å². The maximum absolute atomic E-state index is 12.2. The van der Waals surface area contributed by atoms with Crippen LogP contribution < -0.4 is 5.32 Å². The third-order valence-electron chi connectivity index (χ3n) is 4.16. The van der Waals surface area contributed by atoms with E-state index in [0.29, 0.717) is 18.1 Å². The van der Waals surface area contributed by atoms with E-state index in [4.69, 9.17) is 5.21 Å². The van der Waals surface area contributed by atoms with Gasteiger partial charge in [0.05, 0.1) is 5.71 Å². The van der Waals surface area contributed by atoms with Crippen molar-refractivity contribution in [1.82, 2.24) is 0 Å². The number of benzene rings is 1. The molecule has 0 radical (unpaired) electrons. The van der Waals surface area contributed by atoms with Crippen molar-refractivity contribution in [2.75, 3.05) is 5.32 Å². The molecule has 0 aromatic heterocycles. The summed E-state index contributed by atoms with van der Waals surface area (Å²) in [5.74, 6) is 0.606. The Kier molecular flexibility index (Phi) is 5.78. The topological polar surface area (TPSA) is 61.7 Å². The molecule has 1 saturated carbocycles. The highest BCUT2D eigenvalue weighted by molar-refractivity contribution is 6.00. The zero-order valence-electron chi connectivity index (χ0n) is 12.6. The molecule has 2 rings (SSSR count). The molecule has 1 aliphatic rings. The van der Waals surface area contributed by atoms with E-state index in [1.54, 1.807) is 6.92 Å². The summed E-state index contributed by atoms with van der Waals surface area (Å²) < 4.78 is 0. The first-order chi connectivity index (χ1) is 10.2. The zero-order valence-corrected chi connectivity index (χ0v) is 12.6. The number of carbonyl (C=O) groups is 1. The Morgan fingerprint density at radius 1 is 1.29 bits per heavy atom. The van der Waals surface area contributed by atoms with Crippen molar-refractivity contribution in [3.8, 4) is 0 Å². The molecule has 1 aromatic rings. The number of nitrogens with one attached hydrogen (secondary N) is 1. The average molecular weight is 288 g/mol. The van der Waals surface area contributed by atoms with Gasteiger partial charge >= 0.3 is 0 Å². The molecule has 0 unspecified atom stereocenters. The van der Waals surface area contributed by atoms with Gasteiger partial charge in [0.2, 0.25) is 5.91 Å². The van der Waals surface area contributed by atoms with Gasteiger partial charge < -0.3 is 10.5 Å². The van der Waals surface area contributed by atoms with Gasteiger partial charge in [-0.05, 0) is 37.8 Å². The predicted octanol–water partition coefficient (Wildman–Crippen LogP) is 4.18. The van der Waals surface area contributed by atoms with Crippen molar-refractivity contribution in [3.63, 3.8) is 0 Å². The Morgan fingerprint density at radius 3 is 2.67 bits per heavy atom. The molecule has 2 N–H and O–H groups in total. The van der Waals surface area contributed by atoms with Crippen LogP contribution in [0, 0.1) is 5.92 Å². The summed E-state index contributed by atoms with van der Waals surface area (Å²) in [5, 5.41) is 14.9. The molecular formula is C17H24N2O2. The van der Waals surface area contributed by atoms with Crippen molar-refractivity contribution in [3.05, 3.63) is 29.8 Å². The maximum Gasteiger partial charge on any atom is 0.224 e. The van der Waals surface area contributed by atoms with Crippen molar-refractivity contribution in [2.24, 2.45) is 11.1 Å². The lowest BCUT2D eigenvalue weighted by atomic mass is 9.96. The smallest absolute Gasteiger partial charge is 0.224 e. The quantitative estimate of drug-likeness (QED) is 0.378. The number of hydrogen-bond donors (Lipinski definition) is 2. The monoisotopic (exact) mass is 288 g/mol. The first-order valence-electron chi connectivity index (χ1n) is 7.78. The molecule has 1 aliphatic carbocycles. The lowest BCUT2D eigenvalue weighted by Crippen LogP contribution is -2.16. The van der Waals surface area contributed by atoms with Gasteiger partial charge in [-0.25, -0.2) is 0 Å². The molecule has 0 bridgehead atoms. The summed E-state index contributed by atoms with van der Waals surface area (Å²) in [6.07, 6.45) is 8.06. The Bertz CT molecular complexity index is 503. The van der Waals surface area contributed by atoms with Gasteiger partial charge in [0.15, 0.2) is 0 Å². The second-order valence-electron chi connectivity index (χ2n) is 5.88. The highest BCUT2D eigenvalue weighted by atomic mass is 16.4. The second kappa shape index (κ2) is 7.81. The highest BCUT2D eigenvalue weighted by Crippen LogP contribution is 2.25. The van der Waals surface area contributed by atoms with Crippen LogP contribution in [0.2, 0.25) is 0 Å². The van der Waals surface area contributed by atoms with Crippen molar-refractivity contribution < 1.29 is 10.0 Å². The van der Waals surface area contributed by atoms with Crippen molar-refractivity contribution in [1.29, 1.82) is 0 Å². The Labute approximate surface area is 126 Å². The minimum Gasteiger partial charge on any atom is -0.411 e. The standard InChI is InChI=1S/C17H24N2O2/c1-13(19-21)15-9-6-10-16(12-15)18-17(20)11-14-7-4-2-3-5-8-14/h6,9-10,12,14,21H,2-5,7-8,11H2,1H3,(H,18,20)/b19-13-. The number of carbonyl (C=O) groups excluding carboxylic acids is 1. The van der Waals surface area contributed by atoms with Gasteiger partial charge in [-0.2, -0.15) is 0 Å². The summed E-state index contributed by atoms with van der Waals surface area (Å²) in [6.45, 7) is 1.73. The van der Waals surface area contributed by atoms with Gasteiger partial charge in [-0.15, -0.1) is 0 Å². The maximum atomic E-state index is 12.2. The van der Waals surface area contributed by atoms with Crippen molar-refractivity contribution in [2.45, 2.75) is 51.9 Å². The van der Waals surface area contributed by atoms with Crippen LogP contribution in [0.15, 0.2) is 29.4 Å². The van der Waals surface area contributed by atoms with Crippen LogP contribution in [0.25, 0.3) is 0 Å². The summed E-state index contributed by atoms with van der Waals surface area (Å²) in [5.41, 5.74) is 2.11. The van der Waals surface area contributed by atoms with E-state index in [1.807, 2.05) is 24.3 Å². The fraction of sp³-hybridized carbons (Fsp3) is 0.529. The fourth-order valence-corrected chi connectivity index (χ4v) is 2.92. The molecule has 114 valence electrons. The minimum absolute atomic E-state index is 0.0811. The molecule has 0 saturated heterocycles. The van der Waals surface area contributed by atoms with E-state index in [0.717, 1.165) is 11.3 Å². The van der Waals surface area contributed by atoms with E-state index < -0.39 is 0 Å². The third kappa shape index (κ3) is 4.88. The largest absolute Gasteiger partial charge is 0.411 e. The zero-order chi connectivity index (χ0) is 15.1. The van der Waals surface area contributed by atoms with E-state index >= 15 is 0 Å². The van der Waals surface area contributed by atoms with E-state index in [-0.39, 0.29) is 5.91 Å². The van der Waals surface area contributed by atoms with Gasteiger partial charge in [0.1, 0.15) is 0 Å². The molecule has 0 aliphatic heterocycles. The lowest BCUT2D eigenvalue weighted by Gasteiger charge is -2.14. The fourth-order valence-electron chi connectivity index (χ4n) is 2.92. The number of anilines is 1. The molecule has 0 heterocycles. The summed E-state index contributed by atoms with van der Waals surface area (Å²) in [4.78, 5) is 12.2. The first kappa shape index (κ1) is 15.5. The van der Waals surface area contributed by atoms with Gasteiger partial charge in [-0.3, -0.25) is 4.79 Å². The summed E-state index contributed by atoms with van der Waals surface area (Å²) >= 11 is 0. The SMILES string of the molecule is C/C(=N/O)c1cccc(NC(=O)CC2CCCCCC2)c1. The minimum atomic E-state index is 0.0811. The number of nitrogens with zero attached hydrogens (tertiary/aromatic N) is 1. The van der Waals surface area contributed by atoms with Crippen molar-refractivity contribution >= 4 is 17.3 Å². The Morgan fingerprint density at radius 2 is 2.00 bits per heavy atom. The second-order valence-corrected chi connectivity index (χ2v) is 5.88. The van der Waals surface area contributed by atoms with Crippen LogP contribution in [0.4, 0.5) is 5.69 Å². The molecule has 1 fully saturated rings.